The lowest BCUT2D eigenvalue weighted by molar-refractivity contribution is -0.152. The predicted molar refractivity (Wildman–Crippen MR) is 152 cm³/mol. The molecule has 9 nitrogen and oxygen atoms in total. The molecule has 0 radical (unpaired) electrons. The second kappa shape index (κ2) is 12.2. The number of carbonyl (C=O) groups is 3. The van der Waals surface area contributed by atoms with E-state index in [0.717, 1.165) is 16.0 Å². The zero-order valence-corrected chi connectivity index (χ0v) is 24.3. The number of hydrogen-bond acceptors (Lipinski definition) is 7. The third-order valence-corrected chi connectivity index (χ3v) is 8.06. The van der Waals surface area contributed by atoms with Crippen molar-refractivity contribution in [1.29, 1.82) is 0 Å². The summed E-state index contributed by atoms with van der Waals surface area (Å²) in [7, 11) is -4.09. The largest absolute Gasteiger partial charge is 0.459 e. The van der Waals surface area contributed by atoms with Crippen LogP contribution in [0.5, 0.6) is 0 Å². The SMILES string of the molecule is Cc1ccc(S(=O)(=O)N[C@H](c2ccccc2)[C@@H]2C[C@@H](C(=O)OCc3ccccc3)N(C(=O)OC(C)(C)C)C2=O)cc1. The molecule has 1 aliphatic rings. The van der Waals surface area contributed by atoms with E-state index in [-0.39, 0.29) is 17.9 Å². The molecule has 10 heteroatoms. The van der Waals surface area contributed by atoms with Gasteiger partial charge in [-0.15, -0.1) is 0 Å². The van der Waals surface area contributed by atoms with E-state index < -0.39 is 51.6 Å². The quantitative estimate of drug-likeness (QED) is 0.377. The predicted octanol–water partition coefficient (Wildman–Crippen LogP) is 4.91. The molecule has 0 aliphatic carbocycles. The van der Waals surface area contributed by atoms with E-state index >= 15 is 0 Å². The Hall–Kier alpha value is -4.02. The van der Waals surface area contributed by atoms with E-state index in [4.69, 9.17) is 9.47 Å². The number of likely N-dealkylation sites (tertiary alicyclic amines) is 1. The number of aryl methyl sites for hydroxylation is 1. The highest BCUT2D eigenvalue weighted by molar-refractivity contribution is 7.89. The zero-order chi connectivity index (χ0) is 29.8. The minimum atomic E-state index is -4.09. The molecule has 0 aromatic heterocycles. The normalized spacial score (nSPS) is 18.1. The van der Waals surface area contributed by atoms with Gasteiger partial charge < -0.3 is 9.47 Å². The number of carbonyl (C=O) groups excluding carboxylic acids is 3. The number of nitrogens with zero attached hydrogens (tertiary/aromatic N) is 1. The van der Waals surface area contributed by atoms with Crippen molar-refractivity contribution >= 4 is 28.0 Å². The molecule has 2 amide bonds. The van der Waals surface area contributed by atoms with Crippen LogP contribution >= 0.6 is 0 Å². The first-order chi connectivity index (χ1) is 19.4. The summed E-state index contributed by atoms with van der Waals surface area (Å²) in [4.78, 5) is 41.2. The molecule has 0 spiro atoms. The summed E-state index contributed by atoms with van der Waals surface area (Å²) in [6, 6.07) is 21.5. The standard InChI is InChI=1S/C31H34N2O7S/c1-21-15-17-24(18-16-21)41(37,38)32-27(23-13-9-6-10-14-23)25-19-26(29(35)39-20-22-11-7-5-8-12-22)33(28(25)34)30(36)40-31(2,3)4/h5-18,25-27,32H,19-20H2,1-4H3/t25-,26-,27+/m0/s1. The highest BCUT2D eigenvalue weighted by Gasteiger charge is 2.52. The minimum absolute atomic E-state index is 0.0253. The van der Waals surface area contributed by atoms with Crippen LogP contribution in [-0.2, 0) is 35.7 Å². The number of ether oxygens (including phenoxy) is 2. The van der Waals surface area contributed by atoms with Gasteiger partial charge in [-0.2, -0.15) is 0 Å². The first kappa shape index (κ1) is 30.0. The molecule has 1 saturated heterocycles. The maximum atomic E-state index is 13.9. The Bertz CT molecular complexity index is 1480. The smallest absolute Gasteiger partial charge is 0.417 e. The topological polar surface area (TPSA) is 119 Å². The Morgan fingerprint density at radius 1 is 0.951 bits per heavy atom. The fourth-order valence-corrected chi connectivity index (χ4v) is 5.87. The number of imide groups is 1. The number of esters is 1. The van der Waals surface area contributed by atoms with Crippen LogP contribution in [0, 0.1) is 12.8 Å². The molecule has 41 heavy (non-hydrogen) atoms. The molecule has 0 unspecified atom stereocenters. The summed E-state index contributed by atoms with van der Waals surface area (Å²) in [6.07, 6.45) is -1.17. The maximum absolute atomic E-state index is 13.9. The summed E-state index contributed by atoms with van der Waals surface area (Å²) >= 11 is 0. The first-order valence-corrected chi connectivity index (χ1v) is 14.7. The van der Waals surface area contributed by atoms with E-state index in [1.165, 1.54) is 12.1 Å². The van der Waals surface area contributed by atoms with Gasteiger partial charge >= 0.3 is 12.1 Å². The summed E-state index contributed by atoms with van der Waals surface area (Å²) in [6.45, 7) is 6.73. The van der Waals surface area contributed by atoms with Gasteiger partial charge in [-0.3, -0.25) is 4.79 Å². The highest BCUT2D eigenvalue weighted by atomic mass is 32.2. The van der Waals surface area contributed by atoms with Gasteiger partial charge in [-0.25, -0.2) is 27.6 Å². The van der Waals surface area contributed by atoms with Gasteiger partial charge in [0, 0.05) is 0 Å². The van der Waals surface area contributed by atoms with Crippen LogP contribution < -0.4 is 4.72 Å². The second-order valence-corrected chi connectivity index (χ2v) is 12.7. The molecule has 1 fully saturated rings. The van der Waals surface area contributed by atoms with Crippen molar-refractivity contribution in [2.45, 2.75) is 63.3 Å². The van der Waals surface area contributed by atoms with Gasteiger partial charge in [0.1, 0.15) is 18.2 Å². The van der Waals surface area contributed by atoms with Crippen molar-refractivity contribution in [3.63, 3.8) is 0 Å². The second-order valence-electron chi connectivity index (χ2n) is 11.0. The zero-order valence-electron chi connectivity index (χ0n) is 23.4. The summed E-state index contributed by atoms with van der Waals surface area (Å²) in [5, 5.41) is 0. The van der Waals surface area contributed by atoms with Crippen LogP contribution in [0.1, 0.15) is 49.9 Å². The van der Waals surface area contributed by atoms with Crippen LogP contribution in [0.15, 0.2) is 89.8 Å². The average Bonchev–Trinajstić information content (AvgIpc) is 3.28. The van der Waals surface area contributed by atoms with Crippen LogP contribution in [0.3, 0.4) is 0 Å². The Kier molecular flexibility index (Phi) is 8.94. The van der Waals surface area contributed by atoms with E-state index in [2.05, 4.69) is 4.72 Å². The van der Waals surface area contributed by atoms with E-state index in [9.17, 15) is 22.8 Å². The van der Waals surface area contributed by atoms with Crippen LogP contribution in [0.25, 0.3) is 0 Å². The number of nitrogens with one attached hydrogen (secondary N) is 1. The molecule has 0 bridgehead atoms. The first-order valence-electron chi connectivity index (χ1n) is 13.3. The van der Waals surface area contributed by atoms with Crippen molar-refractivity contribution in [3.05, 3.63) is 102 Å². The summed E-state index contributed by atoms with van der Waals surface area (Å²) < 4.78 is 40.5. The molecule has 1 heterocycles. The molecule has 0 saturated carbocycles. The third kappa shape index (κ3) is 7.39. The van der Waals surface area contributed by atoms with Crippen molar-refractivity contribution in [3.8, 4) is 0 Å². The maximum Gasteiger partial charge on any atom is 0.417 e. The lowest BCUT2D eigenvalue weighted by Crippen LogP contribution is -2.47. The summed E-state index contributed by atoms with van der Waals surface area (Å²) in [5.41, 5.74) is 1.18. The minimum Gasteiger partial charge on any atom is -0.459 e. The van der Waals surface area contributed by atoms with E-state index in [1.807, 2.05) is 13.0 Å². The van der Waals surface area contributed by atoms with Crippen LogP contribution in [-0.4, -0.2) is 42.9 Å². The molecule has 1 aliphatic heterocycles. The van der Waals surface area contributed by atoms with Gasteiger partial charge in [0.05, 0.1) is 16.9 Å². The summed E-state index contributed by atoms with van der Waals surface area (Å²) in [5.74, 6) is -2.62. The molecule has 4 rings (SSSR count). The highest BCUT2D eigenvalue weighted by Crippen LogP contribution is 2.37. The molecule has 216 valence electrons. The number of benzene rings is 3. The van der Waals surface area contributed by atoms with E-state index in [1.54, 1.807) is 87.5 Å². The van der Waals surface area contributed by atoms with Crippen molar-refractivity contribution in [2.24, 2.45) is 5.92 Å². The van der Waals surface area contributed by atoms with Gasteiger partial charge in [0.25, 0.3) is 0 Å². The number of sulfonamides is 1. The molecule has 3 aromatic rings. The Labute approximate surface area is 240 Å². The Balaban J connectivity index is 1.68. The van der Waals surface area contributed by atoms with Gasteiger partial charge in [0.2, 0.25) is 15.9 Å². The Morgan fingerprint density at radius 2 is 1.54 bits per heavy atom. The fourth-order valence-electron chi connectivity index (χ4n) is 4.61. The fraction of sp³-hybridized carbons (Fsp3) is 0.323. The van der Waals surface area contributed by atoms with Crippen LogP contribution in [0.4, 0.5) is 4.79 Å². The van der Waals surface area contributed by atoms with Gasteiger partial charge in [-0.1, -0.05) is 78.4 Å². The van der Waals surface area contributed by atoms with E-state index in [0.29, 0.717) is 5.56 Å². The molecule has 3 atom stereocenters. The van der Waals surface area contributed by atoms with Crippen molar-refractivity contribution in [1.82, 2.24) is 9.62 Å². The monoisotopic (exact) mass is 578 g/mol. The lowest BCUT2D eigenvalue weighted by atomic mass is 9.91. The average molecular weight is 579 g/mol. The molecular weight excluding hydrogens is 544 g/mol. The van der Waals surface area contributed by atoms with Gasteiger partial charge in [0.15, 0.2) is 0 Å². The lowest BCUT2D eigenvalue weighted by Gasteiger charge is -2.27. The number of amides is 2. The number of rotatable bonds is 8. The van der Waals surface area contributed by atoms with Crippen molar-refractivity contribution < 1.29 is 32.3 Å². The molecule has 1 N–H and O–H groups in total. The third-order valence-electron chi connectivity index (χ3n) is 6.60. The molecule has 3 aromatic carbocycles. The van der Waals surface area contributed by atoms with Crippen molar-refractivity contribution in [2.75, 3.05) is 0 Å². The van der Waals surface area contributed by atoms with Crippen LogP contribution in [0.2, 0.25) is 0 Å². The Morgan fingerprint density at radius 3 is 2.12 bits per heavy atom. The number of hydrogen-bond donors (Lipinski definition) is 1. The van der Waals surface area contributed by atoms with Gasteiger partial charge in [-0.05, 0) is 57.4 Å². The molecular formula is C31H34N2O7S.